The number of rotatable bonds is 0. The Labute approximate surface area is 95.5 Å². The van der Waals surface area contributed by atoms with Crippen LogP contribution in [0.1, 0.15) is 25.5 Å². The fourth-order valence-corrected chi connectivity index (χ4v) is 2.72. The largest absolute Gasteiger partial charge is 0.365 e. The van der Waals surface area contributed by atoms with E-state index >= 15 is 0 Å². The SMILES string of the molecule is CC1=C(C)C2C(C=N1)c1ncccc1N2C. The van der Waals surface area contributed by atoms with E-state index in [0.717, 1.165) is 11.4 Å². The molecular weight excluding hydrogens is 198 g/mol. The van der Waals surface area contributed by atoms with E-state index in [1.54, 1.807) is 0 Å². The molecule has 2 unspecified atom stereocenters. The molecule has 0 saturated carbocycles. The third-order valence-corrected chi connectivity index (χ3v) is 3.71. The van der Waals surface area contributed by atoms with Crippen molar-refractivity contribution < 1.29 is 0 Å². The molecule has 2 aliphatic heterocycles. The van der Waals surface area contributed by atoms with E-state index in [-0.39, 0.29) is 0 Å². The van der Waals surface area contributed by atoms with E-state index in [1.165, 1.54) is 11.3 Å². The standard InChI is InChI=1S/C13H15N3/c1-8-9(2)15-7-10-12-11(5-4-6-14-12)16(3)13(8)10/h4-7,10,13H,1-3H3. The number of pyridine rings is 1. The van der Waals surface area contributed by atoms with Crippen molar-refractivity contribution in [3.05, 3.63) is 35.3 Å². The van der Waals surface area contributed by atoms with Gasteiger partial charge in [-0.25, -0.2) is 0 Å². The summed E-state index contributed by atoms with van der Waals surface area (Å²) >= 11 is 0. The van der Waals surface area contributed by atoms with Crippen molar-refractivity contribution in [1.82, 2.24) is 4.98 Å². The predicted octanol–water partition coefficient (Wildman–Crippen LogP) is 2.36. The minimum Gasteiger partial charge on any atom is -0.365 e. The molecule has 0 bridgehead atoms. The molecule has 2 atom stereocenters. The molecule has 3 rings (SSSR count). The Hall–Kier alpha value is -1.64. The monoisotopic (exact) mass is 213 g/mol. The molecule has 3 heteroatoms. The molecule has 1 aromatic heterocycles. The average Bonchev–Trinajstić information content (AvgIpc) is 2.59. The summed E-state index contributed by atoms with van der Waals surface area (Å²) in [4.78, 5) is 11.3. The van der Waals surface area contributed by atoms with Gasteiger partial charge in [-0.1, -0.05) is 0 Å². The molecule has 0 saturated heterocycles. The Kier molecular flexibility index (Phi) is 1.90. The summed E-state index contributed by atoms with van der Waals surface area (Å²) in [7, 11) is 2.14. The van der Waals surface area contributed by atoms with Gasteiger partial charge in [0, 0.05) is 25.2 Å². The zero-order valence-electron chi connectivity index (χ0n) is 9.81. The van der Waals surface area contributed by atoms with Gasteiger partial charge >= 0.3 is 0 Å². The number of anilines is 1. The van der Waals surface area contributed by atoms with Crippen LogP contribution in [0.3, 0.4) is 0 Å². The zero-order chi connectivity index (χ0) is 11.3. The maximum atomic E-state index is 4.50. The topological polar surface area (TPSA) is 28.5 Å². The van der Waals surface area contributed by atoms with E-state index in [2.05, 4.69) is 41.8 Å². The molecule has 0 aliphatic carbocycles. The van der Waals surface area contributed by atoms with Crippen molar-refractivity contribution >= 4 is 11.9 Å². The Morgan fingerprint density at radius 2 is 2.12 bits per heavy atom. The molecule has 0 amide bonds. The summed E-state index contributed by atoms with van der Waals surface area (Å²) in [5, 5.41) is 0. The molecule has 0 radical (unpaired) electrons. The van der Waals surface area contributed by atoms with E-state index in [4.69, 9.17) is 0 Å². The van der Waals surface area contributed by atoms with Gasteiger partial charge in [0.1, 0.15) is 0 Å². The van der Waals surface area contributed by atoms with Crippen LogP contribution in [-0.2, 0) is 0 Å². The minimum absolute atomic E-state index is 0.324. The molecular formula is C13H15N3. The Morgan fingerprint density at radius 1 is 1.31 bits per heavy atom. The van der Waals surface area contributed by atoms with Crippen molar-refractivity contribution in [3.63, 3.8) is 0 Å². The van der Waals surface area contributed by atoms with Gasteiger partial charge < -0.3 is 4.90 Å². The van der Waals surface area contributed by atoms with Crippen LogP contribution in [-0.4, -0.2) is 24.3 Å². The highest BCUT2D eigenvalue weighted by Crippen LogP contribution is 2.42. The van der Waals surface area contributed by atoms with Crippen LogP contribution in [0, 0.1) is 0 Å². The molecule has 16 heavy (non-hydrogen) atoms. The normalized spacial score (nSPS) is 27.1. The van der Waals surface area contributed by atoms with Gasteiger partial charge in [-0.15, -0.1) is 0 Å². The zero-order valence-corrected chi connectivity index (χ0v) is 9.81. The maximum Gasteiger partial charge on any atom is 0.0745 e. The fourth-order valence-electron chi connectivity index (χ4n) is 2.72. The molecule has 1 aromatic rings. The number of nitrogens with zero attached hydrogens (tertiary/aromatic N) is 3. The molecule has 82 valence electrons. The quantitative estimate of drug-likeness (QED) is 0.662. The second kappa shape index (κ2) is 3.17. The summed E-state index contributed by atoms with van der Waals surface area (Å²) < 4.78 is 0. The Bertz CT molecular complexity index is 502. The van der Waals surface area contributed by atoms with E-state index in [9.17, 15) is 0 Å². The third kappa shape index (κ3) is 1.08. The predicted molar refractivity (Wildman–Crippen MR) is 66.0 cm³/mol. The van der Waals surface area contributed by atoms with Gasteiger partial charge in [-0.2, -0.15) is 0 Å². The van der Waals surface area contributed by atoms with Crippen molar-refractivity contribution in [1.29, 1.82) is 0 Å². The first kappa shape index (κ1) is 9.58. The highest BCUT2D eigenvalue weighted by molar-refractivity contribution is 5.81. The lowest BCUT2D eigenvalue weighted by Gasteiger charge is -2.29. The highest BCUT2D eigenvalue weighted by Gasteiger charge is 2.39. The lowest BCUT2D eigenvalue weighted by Crippen LogP contribution is -2.34. The van der Waals surface area contributed by atoms with Crippen LogP contribution in [0.2, 0.25) is 0 Å². The molecule has 0 fully saturated rings. The number of aromatic nitrogens is 1. The summed E-state index contributed by atoms with van der Waals surface area (Å²) in [6.07, 6.45) is 3.91. The first-order valence-corrected chi connectivity index (χ1v) is 5.59. The first-order chi connectivity index (χ1) is 7.70. The average molecular weight is 213 g/mol. The lowest BCUT2D eigenvalue weighted by molar-refractivity contribution is 0.695. The summed E-state index contributed by atoms with van der Waals surface area (Å²) in [5.74, 6) is 0.324. The number of aliphatic imine (C=N–C) groups is 1. The van der Waals surface area contributed by atoms with Crippen LogP contribution in [0.15, 0.2) is 34.6 Å². The summed E-state index contributed by atoms with van der Waals surface area (Å²) in [6.45, 7) is 4.25. The molecule has 3 nitrogen and oxygen atoms in total. The van der Waals surface area contributed by atoms with Gasteiger partial charge in [0.05, 0.1) is 23.3 Å². The summed E-state index contributed by atoms with van der Waals surface area (Å²) in [6, 6.07) is 4.54. The third-order valence-electron chi connectivity index (χ3n) is 3.71. The van der Waals surface area contributed by atoms with Crippen molar-refractivity contribution in [2.45, 2.75) is 25.8 Å². The van der Waals surface area contributed by atoms with E-state index in [0.29, 0.717) is 12.0 Å². The molecule has 2 aliphatic rings. The van der Waals surface area contributed by atoms with Crippen LogP contribution < -0.4 is 4.90 Å². The van der Waals surface area contributed by atoms with Gasteiger partial charge in [0.15, 0.2) is 0 Å². The number of hydrogen-bond acceptors (Lipinski definition) is 3. The second-order valence-corrected chi connectivity index (χ2v) is 4.54. The molecule has 0 spiro atoms. The fraction of sp³-hybridized carbons (Fsp3) is 0.385. The first-order valence-electron chi connectivity index (χ1n) is 5.59. The van der Waals surface area contributed by atoms with Gasteiger partial charge in [0.25, 0.3) is 0 Å². The number of likely N-dealkylation sites (N-methyl/N-ethyl adjacent to an activating group) is 1. The van der Waals surface area contributed by atoms with Crippen LogP contribution in [0.5, 0.6) is 0 Å². The smallest absolute Gasteiger partial charge is 0.0745 e. The Balaban J connectivity index is 2.17. The van der Waals surface area contributed by atoms with Crippen LogP contribution in [0.25, 0.3) is 0 Å². The van der Waals surface area contributed by atoms with Crippen molar-refractivity contribution in [2.24, 2.45) is 4.99 Å². The van der Waals surface area contributed by atoms with E-state index < -0.39 is 0 Å². The number of fused-ring (bicyclic) bond motifs is 3. The number of allylic oxidation sites excluding steroid dienone is 1. The molecule has 3 heterocycles. The van der Waals surface area contributed by atoms with Crippen molar-refractivity contribution in [3.8, 4) is 0 Å². The van der Waals surface area contributed by atoms with E-state index in [1.807, 2.05) is 18.5 Å². The Morgan fingerprint density at radius 3 is 2.94 bits per heavy atom. The van der Waals surface area contributed by atoms with Gasteiger partial charge in [0.2, 0.25) is 0 Å². The second-order valence-electron chi connectivity index (χ2n) is 4.54. The summed E-state index contributed by atoms with van der Waals surface area (Å²) in [5.41, 5.74) is 4.89. The van der Waals surface area contributed by atoms with Gasteiger partial charge in [-0.05, 0) is 31.6 Å². The molecule has 0 aromatic carbocycles. The number of hydrogen-bond donors (Lipinski definition) is 0. The van der Waals surface area contributed by atoms with Crippen molar-refractivity contribution in [2.75, 3.05) is 11.9 Å². The highest BCUT2D eigenvalue weighted by atomic mass is 15.2. The molecule has 0 N–H and O–H groups in total. The maximum absolute atomic E-state index is 4.50. The van der Waals surface area contributed by atoms with Crippen LogP contribution >= 0.6 is 0 Å². The van der Waals surface area contributed by atoms with Crippen LogP contribution in [0.4, 0.5) is 5.69 Å². The minimum atomic E-state index is 0.324. The lowest BCUT2D eigenvalue weighted by atomic mass is 9.91. The van der Waals surface area contributed by atoms with Gasteiger partial charge in [-0.3, -0.25) is 9.98 Å².